The normalized spacial score (nSPS) is 13.7. The molecule has 0 atom stereocenters. The lowest BCUT2D eigenvalue weighted by Crippen LogP contribution is -2.32. The van der Waals surface area contributed by atoms with Crippen LogP contribution in [0.25, 0.3) is 5.57 Å². The molecule has 4 rings (SSSR count). The molecule has 6 heteroatoms. The van der Waals surface area contributed by atoms with Gasteiger partial charge in [-0.1, -0.05) is 41.9 Å². The maximum absolute atomic E-state index is 13.4. The topological polar surface area (TPSA) is 58.6 Å². The van der Waals surface area contributed by atoms with Gasteiger partial charge in [-0.25, -0.2) is 4.90 Å². The van der Waals surface area contributed by atoms with Gasteiger partial charge in [0.05, 0.1) is 17.9 Å². The van der Waals surface area contributed by atoms with Crippen molar-refractivity contribution in [3.63, 3.8) is 0 Å². The van der Waals surface area contributed by atoms with Crippen LogP contribution in [0.2, 0.25) is 5.02 Å². The number of ether oxygens (including phenoxy) is 1. The maximum atomic E-state index is 13.4. The third kappa shape index (κ3) is 3.80. The Hall–Kier alpha value is -3.57. The van der Waals surface area contributed by atoms with E-state index in [2.05, 4.69) is 5.32 Å². The first kappa shape index (κ1) is 19.7. The molecule has 0 saturated carbocycles. The Labute approximate surface area is 179 Å². The Bertz CT molecular complexity index is 1110. The Balaban J connectivity index is 1.76. The fraction of sp³-hybridized carbons (Fsp3) is 0.0833. The number of hydrogen-bond donors (Lipinski definition) is 1. The minimum Gasteiger partial charge on any atom is -0.494 e. The Kier molecular flexibility index (Phi) is 5.55. The molecule has 0 unspecified atom stereocenters. The molecule has 0 bridgehead atoms. The third-order valence-corrected chi connectivity index (χ3v) is 4.92. The molecule has 150 valence electrons. The van der Waals surface area contributed by atoms with E-state index in [-0.39, 0.29) is 5.70 Å². The van der Waals surface area contributed by atoms with Crippen molar-refractivity contribution in [1.29, 1.82) is 0 Å². The number of hydrogen-bond acceptors (Lipinski definition) is 4. The molecule has 0 aromatic heterocycles. The maximum Gasteiger partial charge on any atom is 0.282 e. The molecule has 0 radical (unpaired) electrons. The van der Waals surface area contributed by atoms with Crippen molar-refractivity contribution in [3.8, 4) is 5.75 Å². The fourth-order valence-corrected chi connectivity index (χ4v) is 3.41. The highest BCUT2D eigenvalue weighted by molar-refractivity contribution is 6.46. The lowest BCUT2D eigenvalue weighted by molar-refractivity contribution is -0.120. The zero-order valence-electron chi connectivity index (χ0n) is 16.3. The van der Waals surface area contributed by atoms with Gasteiger partial charge in [-0.05, 0) is 61.0 Å². The van der Waals surface area contributed by atoms with Gasteiger partial charge in [0, 0.05) is 10.7 Å². The number of nitrogens with one attached hydrogen (secondary N) is 1. The van der Waals surface area contributed by atoms with Crippen molar-refractivity contribution in [2.45, 2.75) is 6.92 Å². The number of amides is 2. The Morgan fingerprint density at radius 1 is 0.867 bits per heavy atom. The first-order valence-electron chi connectivity index (χ1n) is 9.52. The van der Waals surface area contributed by atoms with E-state index in [1.54, 1.807) is 48.5 Å². The third-order valence-electron chi connectivity index (χ3n) is 4.67. The number of anilines is 2. The summed E-state index contributed by atoms with van der Waals surface area (Å²) in [6.07, 6.45) is 0. The quantitative estimate of drug-likeness (QED) is 0.563. The van der Waals surface area contributed by atoms with E-state index < -0.39 is 11.8 Å². The van der Waals surface area contributed by atoms with Crippen LogP contribution in [0.3, 0.4) is 0 Å². The molecule has 3 aromatic carbocycles. The molecule has 1 N–H and O–H groups in total. The standard InChI is InChI=1S/C24H19ClN2O3/c1-2-30-20-14-12-19(13-15-20)27-23(28)21(16-8-10-17(25)11-9-16)22(24(27)29)26-18-6-4-3-5-7-18/h3-15,26H,2H2,1H3. The van der Waals surface area contributed by atoms with Crippen LogP contribution in [-0.2, 0) is 9.59 Å². The van der Waals surface area contributed by atoms with E-state index in [0.717, 1.165) is 0 Å². The molecule has 1 aliphatic rings. The summed E-state index contributed by atoms with van der Waals surface area (Å²) in [4.78, 5) is 27.8. The van der Waals surface area contributed by atoms with E-state index in [4.69, 9.17) is 16.3 Å². The molecular weight excluding hydrogens is 400 g/mol. The number of benzene rings is 3. The minimum absolute atomic E-state index is 0.224. The summed E-state index contributed by atoms with van der Waals surface area (Å²) >= 11 is 6.01. The van der Waals surface area contributed by atoms with Crippen LogP contribution in [0.15, 0.2) is 84.6 Å². The number of carbonyl (C=O) groups excluding carboxylic acids is 2. The molecule has 0 saturated heterocycles. The van der Waals surface area contributed by atoms with Gasteiger partial charge in [-0.2, -0.15) is 0 Å². The second-order valence-electron chi connectivity index (χ2n) is 6.62. The highest BCUT2D eigenvalue weighted by Crippen LogP contribution is 2.34. The van der Waals surface area contributed by atoms with E-state index in [1.807, 2.05) is 37.3 Å². The van der Waals surface area contributed by atoms with Crippen LogP contribution in [0.1, 0.15) is 12.5 Å². The summed E-state index contributed by atoms with van der Waals surface area (Å²) in [7, 11) is 0. The monoisotopic (exact) mass is 418 g/mol. The van der Waals surface area contributed by atoms with Gasteiger partial charge in [-0.15, -0.1) is 0 Å². The van der Waals surface area contributed by atoms with Crippen molar-refractivity contribution in [3.05, 3.63) is 95.1 Å². The first-order chi connectivity index (χ1) is 14.6. The van der Waals surface area contributed by atoms with Crippen molar-refractivity contribution in [2.75, 3.05) is 16.8 Å². The summed E-state index contributed by atoms with van der Waals surface area (Å²) in [5, 5.41) is 3.68. The van der Waals surface area contributed by atoms with E-state index in [1.165, 1.54) is 4.90 Å². The second kappa shape index (κ2) is 8.43. The number of halogens is 1. The van der Waals surface area contributed by atoms with E-state index in [0.29, 0.717) is 39.9 Å². The van der Waals surface area contributed by atoms with E-state index in [9.17, 15) is 9.59 Å². The number of imide groups is 1. The molecular formula is C24H19ClN2O3. The molecule has 0 spiro atoms. The molecule has 0 fully saturated rings. The lowest BCUT2D eigenvalue weighted by atomic mass is 10.0. The van der Waals surface area contributed by atoms with Crippen molar-refractivity contribution >= 4 is 40.4 Å². The zero-order chi connectivity index (χ0) is 21.1. The summed E-state index contributed by atoms with van der Waals surface area (Å²) in [6, 6.07) is 23.0. The highest BCUT2D eigenvalue weighted by atomic mass is 35.5. The number of carbonyl (C=O) groups is 2. The Morgan fingerprint density at radius 2 is 1.53 bits per heavy atom. The molecule has 2 amide bonds. The van der Waals surface area contributed by atoms with Gasteiger partial charge >= 0.3 is 0 Å². The smallest absolute Gasteiger partial charge is 0.282 e. The van der Waals surface area contributed by atoms with Gasteiger partial charge in [0.2, 0.25) is 0 Å². The van der Waals surface area contributed by atoms with Crippen LogP contribution in [0, 0.1) is 0 Å². The SMILES string of the molecule is CCOc1ccc(N2C(=O)C(Nc3ccccc3)=C(c3ccc(Cl)cc3)C2=O)cc1. The minimum atomic E-state index is -0.419. The fourth-order valence-electron chi connectivity index (χ4n) is 3.29. The van der Waals surface area contributed by atoms with Gasteiger partial charge in [0.15, 0.2) is 0 Å². The number of rotatable bonds is 6. The predicted molar refractivity (Wildman–Crippen MR) is 119 cm³/mol. The molecule has 3 aromatic rings. The van der Waals surface area contributed by atoms with Gasteiger partial charge in [-0.3, -0.25) is 9.59 Å². The number of nitrogens with zero attached hydrogens (tertiary/aromatic N) is 1. The average molecular weight is 419 g/mol. The molecule has 30 heavy (non-hydrogen) atoms. The van der Waals surface area contributed by atoms with Crippen LogP contribution >= 0.6 is 11.6 Å². The van der Waals surface area contributed by atoms with Crippen LogP contribution in [-0.4, -0.2) is 18.4 Å². The van der Waals surface area contributed by atoms with E-state index >= 15 is 0 Å². The predicted octanol–water partition coefficient (Wildman–Crippen LogP) is 5.14. The zero-order valence-corrected chi connectivity index (χ0v) is 17.0. The van der Waals surface area contributed by atoms with Crippen LogP contribution in [0.5, 0.6) is 5.75 Å². The largest absolute Gasteiger partial charge is 0.494 e. The van der Waals surface area contributed by atoms with Gasteiger partial charge in [0.25, 0.3) is 11.8 Å². The van der Waals surface area contributed by atoms with Crippen LogP contribution < -0.4 is 15.0 Å². The van der Waals surface area contributed by atoms with Crippen molar-refractivity contribution < 1.29 is 14.3 Å². The first-order valence-corrected chi connectivity index (χ1v) is 9.90. The molecule has 5 nitrogen and oxygen atoms in total. The summed E-state index contributed by atoms with van der Waals surface area (Å²) < 4.78 is 5.46. The summed E-state index contributed by atoms with van der Waals surface area (Å²) in [5.74, 6) is -0.142. The molecule has 1 aliphatic heterocycles. The summed E-state index contributed by atoms with van der Waals surface area (Å²) in [6.45, 7) is 2.43. The highest BCUT2D eigenvalue weighted by Gasteiger charge is 2.40. The Morgan fingerprint density at radius 3 is 2.17 bits per heavy atom. The lowest BCUT2D eigenvalue weighted by Gasteiger charge is -2.16. The number of para-hydroxylation sites is 1. The van der Waals surface area contributed by atoms with Crippen molar-refractivity contribution in [2.24, 2.45) is 0 Å². The molecule has 0 aliphatic carbocycles. The summed E-state index contributed by atoms with van der Waals surface area (Å²) in [5.41, 5.74) is 2.33. The van der Waals surface area contributed by atoms with Gasteiger partial charge in [0.1, 0.15) is 11.4 Å². The van der Waals surface area contributed by atoms with Crippen molar-refractivity contribution in [1.82, 2.24) is 0 Å². The molecule has 1 heterocycles. The van der Waals surface area contributed by atoms with Crippen LogP contribution in [0.4, 0.5) is 11.4 Å². The van der Waals surface area contributed by atoms with Gasteiger partial charge < -0.3 is 10.1 Å². The average Bonchev–Trinajstić information content (AvgIpc) is 3.00. The second-order valence-corrected chi connectivity index (χ2v) is 7.06.